The van der Waals surface area contributed by atoms with Crippen molar-refractivity contribution < 1.29 is 9.47 Å². The van der Waals surface area contributed by atoms with Crippen molar-refractivity contribution in [2.75, 3.05) is 33.4 Å². The number of ether oxygens (including phenoxy) is 2. The van der Waals surface area contributed by atoms with Gasteiger partial charge in [0.25, 0.3) is 0 Å². The van der Waals surface area contributed by atoms with Crippen molar-refractivity contribution in [3.8, 4) is 11.5 Å². The molecule has 29 heavy (non-hydrogen) atoms. The summed E-state index contributed by atoms with van der Waals surface area (Å²) in [6.07, 6.45) is 2.66. The SMILES string of the molecule is CCc1nncn1CCNC(=NCC(C)C)N(C)Cc1ccc2c(c1)OCCO2. The molecule has 0 saturated heterocycles. The second-order valence-corrected chi connectivity index (χ2v) is 7.61. The highest BCUT2D eigenvalue weighted by molar-refractivity contribution is 5.79. The van der Waals surface area contributed by atoms with Crippen LogP contribution in [0.5, 0.6) is 11.5 Å². The molecule has 0 radical (unpaired) electrons. The minimum absolute atomic E-state index is 0.499. The monoisotopic (exact) mass is 400 g/mol. The number of nitrogens with zero attached hydrogens (tertiary/aromatic N) is 5. The Morgan fingerprint density at radius 1 is 1.28 bits per heavy atom. The number of hydrogen-bond donors (Lipinski definition) is 1. The number of hydrogen-bond acceptors (Lipinski definition) is 5. The van der Waals surface area contributed by atoms with Gasteiger partial charge in [0.05, 0.1) is 0 Å². The van der Waals surface area contributed by atoms with Gasteiger partial charge >= 0.3 is 0 Å². The van der Waals surface area contributed by atoms with Crippen molar-refractivity contribution in [3.63, 3.8) is 0 Å². The van der Waals surface area contributed by atoms with Gasteiger partial charge in [-0.3, -0.25) is 4.99 Å². The molecule has 0 spiro atoms. The van der Waals surface area contributed by atoms with Crippen molar-refractivity contribution in [1.82, 2.24) is 25.0 Å². The molecule has 3 rings (SSSR count). The molecule has 0 atom stereocenters. The Bertz CT molecular complexity index is 817. The van der Waals surface area contributed by atoms with Gasteiger partial charge in [-0.2, -0.15) is 0 Å². The summed E-state index contributed by atoms with van der Waals surface area (Å²) in [5.74, 6) is 4.02. The van der Waals surface area contributed by atoms with E-state index in [1.165, 1.54) is 0 Å². The maximum absolute atomic E-state index is 5.71. The first kappa shape index (κ1) is 21.0. The molecule has 0 saturated carbocycles. The predicted molar refractivity (Wildman–Crippen MR) is 113 cm³/mol. The van der Waals surface area contributed by atoms with Crippen LogP contribution in [0, 0.1) is 5.92 Å². The molecule has 1 aromatic carbocycles. The van der Waals surface area contributed by atoms with Gasteiger partial charge in [0.15, 0.2) is 17.5 Å². The molecule has 8 nitrogen and oxygen atoms in total. The number of rotatable bonds is 8. The lowest BCUT2D eigenvalue weighted by molar-refractivity contribution is 0.171. The summed E-state index contributed by atoms with van der Waals surface area (Å²) >= 11 is 0. The zero-order valence-electron chi connectivity index (χ0n) is 17.9. The van der Waals surface area contributed by atoms with Gasteiger partial charge in [0, 0.05) is 39.6 Å². The van der Waals surface area contributed by atoms with Crippen LogP contribution in [-0.2, 0) is 19.5 Å². The maximum Gasteiger partial charge on any atom is 0.194 e. The summed E-state index contributed by atoms with van der Waals surface area (Å²) in [7, 11) is 2.05. The highest BCUT2D eigenvalue weighted by Gasteiger charge is 2.14. The number of benzene rings is 1. The van der Waals surface area contributed by atoms with Gasteiger partial charge in [0.2, 0.25) is 0 Å². The fraction of sp³-hybridized carbons (Fsp3) is 0.571. The second kappa shape index (κ2) is 10.1. The van der Waals surface area contributed by atoms with Crippen molar-refractivity contribution >= 4 is 5.96 Å². The first-order valence-electron chi connectivity index (χ1n) is 10.3. The fourth-order valence-corrected chi connectivity index (χ4v) is 3.14. The van der Waals surface area contributed by atoms with E-state index in [1.807, 2.05) is 6.07 Å². The Kier molecular flexibility index (Phi) is 7.32. The molecule has 0 bridgehead atoms. The van der Waals surface area contributed by atoms with Crippen LogP contribution in [0.25, 0.3) is 0 Å². The van der Waals surface area contributed by atoms with Crippen LogP contribution in [0.3, 0.4) is 0 Å². The zero-order chi connectivity index (χ0) is 20.6. The van der Waals surface area contributed by atoms with Crippen molar-refractivity contribution in [1.29, 1.82) is 0 Å². The highest BCUT2D eigenvalue weighted by atomic mass is 16.6. The smallest absolute Gasteiger partial charge is 0.194 e. The summed E-state index contributed by atoms with van der Waals surface area (Å²) in [5, 5.41) is 11.6. The molecular weight excluding hydrogens is 368 g/mol. The van der Waals surface area contributed by atoms with E-state index in [-0.39, 0.29) is 0 Å². The molecule has 158 valence electrons. The highest BCUT2D eigenvalue weighted by Crippen LogP contribution is 2.31. The van der Waals surface area contributed by atoms with Crippen LogP contribution in [0.1, 0.15) is 32.2 Å². The Labute approximate surface area is 172 Å². The number of guanidine groups is 1. The Balaban J connectivity index is 1.63. The summed E-state index contributed by atoms with van der Waals surface area (Å²) in [4.78, 5) is 6.94. The summed E-state index contributed by atoms with van der Waals surface area (Å²) in [6.45, 7) is 10.7. The molecule has 1 aliphatic rings. The summed E-state index contributed by atoms with van der Waals surface area (Å²) in [6, 6.07) is 6.11. The van der Waals surface area contributed by atoms with Gasteiger partial charge in [0.1, 0.15) is 25.4 Å². The van der Waals surface area contributed by atoms with Crippen LogP contribution in [0.4, 0.5) is 0 Å². The largest absolute Gasteiger partial charge is 0.486 e. The quantitative estimate of drug-likeness (QED) is 0.541. The molecule has 1 N–H and O–H groups in total. The predicted octanol–water partition coefficient (Wildman–Crippen LogP) is 2.35. The van der Waals surface area contributed by atoms with Crippen LogP contribution in [0.15, 0.2) is 29.5 Å². The van der Waals surface area contributed by atoms with E-state index < -0.39 is 0 Å². The van der Waals surface area contributed by atoms with Gasteiger partial charge in [-0.05, 0) is 23.6 Å². The van der Waals surface area contributed by atoms with Gasteiger partial charge in [-0.25, -0.2) is 0 Å². The van der Waals surface area contributed by atoms with Crippen molar-refractivity contribution in [3.05, 3.63) is 35.9 Å². The third kappa shape index (κ3) is 5.85. The third-order valence-corrected chi connectivity index (χ3v) is 4.64. The van der Waals surface area contributed by atoms with Crippen LogP contribution < -0.4 is 14.8 Å². The molecule has 2 heterocycles. The zero-order valence-corrected chi connectivity index (χ0v) is 17.9. The number of aromatic nitrogens is 3. The van der Waals surface area contributed by atoms with Gasteiger partial charge in [-0.1, -0.05) is 26.8 Å². The van der Waals surface area contributed by atoms with E-state index in [0.717, 1.165) is 61.4 Å². The average Bonchev–Trinajstić information content (AvgIpc) is 3.17. The molecule has 0 unspecified atom stereocenters. The lowest BCUT2D eigenvalue weighted by atomic mass is 10.2. The molecule has 0 fully saturated rings. The van der Waals surface area contributed by atoms with E-state index in [0.29, 0.717) is 19.1 Å². The maximum atomic E-state index is 5.71. The number of aliphatic imine (C=N–C) groups is 1. The van der Waals surface area contributed by atoms with E-state index in [4.69, 9.17) is 14.5 Å². The topological polar surface area (TPSA) is 76.8 Å². The van der Waals surface area contributed by atoms with Gasteiger partial charge < -0.3 is 24.3 Å². The minimum Gasteiger partial charge on any atom is -0.486 e. The Hall–Kier alpha value is -2.77. The van der Waals surface area contributed by atoms with Crippen molar-refractivity contribution in [2.24, 2.45) is 10.9 Å². The Morgan fingerprint density at radius 2 is 2.07 bits per heavy atom. The lowest BCUT2D eigenvalue weighted by Crippen LogP contribution is -2.40. The lowest BCUT2D eigenvalue weighted by Gasteiger charge is -2.24. The molecule has 1 aliphatic heterocycles. The van der Waals surface area contributed by atoms with E-state index >= 15 is 0 Å². The van der Waals surface area contributed by atoms with E-state index in [9.17, 15) is 0 Å². The molecule has 8 heteroatoms. The summed E-state index contributed by atoms with van der Waals surface area (Å²) < 4.78 is 13.4. The Morgan fingerprint density at radius 3 is 2.83 bits per heavy atom. The minimum atomic E-state index is 0.499. The number of aryl methyl sites for hydroxylation is 1. The number of fused-ring (bicyclic) bond motifs is 1. The van der Waals surface area contributed by atoms with Crippen LogP contribution >= 0.6 is 0 Å². The molecule has 0 aliphatic carbocycles. The van der Waals surface area contributed by atoms with E-state index in [1.54, 1.807) is 6.33 Å². The molecular formula is C21H32N6O2. The summed E-state index contributed by atoms with van der Waals surface area (Å²) in [5.41, 5.74) is 1.16. The van der Waals surface area contributed by atoms with Crippen LogP contribution in [-0.4, -0.2) is 59.0 Å². The average molecular weight is 401 g/mol. The normalized spacial score (nSPS) is 13.6. The molecule has 2 aromatic rings. The molecule has 1 aromatic heterocycles. The van der Waals surface area contributed by atoms with Gasteiger partial charge in [-0.15, -0.1) is 10.2 Å². The first-order chi connectivity index (χ1) is 14.1. The third-order valence-electron chi connectivity index (χ3n) is 4.64. The first-order valence-corrected chi connectivity index (χ1v) is 10.3. The second-order valence-electron chi connectivity index (χ2n) is 7.61. The fourth-order valence-electron chi connectivity index (χ4n) is 3.14. The van der Waals surface area contributed by atoms with E-state index in [2.05, 4.69) is 64.9 Å². The van der Waals surface area contributed by atoms with Crippen molar-refractivity contribution in [2.45, 2.75) is 40.3 Å². The number of nitrogens with one attached hydrogen (secondary N) is 1. The standard InChI is InChI=1S/C21H32N6O2/c1-5-20-25-24-15-27(20)9-8-22-21(23-13-16(2)3)26(4)14-17-6-7-18-19(12-17)29-11-10-28-18/h6-7,12,15-16H,5,8-11,13-14H2,1-4H3,(H,22,23). The molecule has 0 amide bonds. The van der Waals surface area contributed by atoms with Crippen LogP contribution in [0.2, 0.25) is 0 Å².